The summed E-state index contributed by atoms with van der Waals surface area (Å²) in [6, 6.07) is 0. The average molecular weight is 292 g/mol. The zero-order chi connectivity index (χ0) is 14.3. The Balaban J connectivity index is 6.35. The zero-order valence-electron chi connectivity index (χ0n) is 7.14. The van der Waals surface area contributed by atoms with Crippen LogP contribution in [0.3, 0.4) is 0 Å². The maximum absolute atomic E-state index is 12.8. The van der Waals surface area contributed by atoms with E-state index in [4.69, 9.17) is 5.53 Å². The van der Waals surface area contributed by atoms with Gasteiger partial charge < -0.3 is 5.53 Å². The van der Waals surface area contributed by atoms with Gasteiger partial charge in [0.25, 0.3) is 0 Å². The van der Waals surface area contributed by atoms with Gasteiger partial charge in [-0.1, -0.05) is 0 Å². The first-order valence-corrected chi connectivity index (χ1v) is 4.66. The van der Waals surface area contributed by atoms with Crippen molar-refractivity contribution in [2.45, 2.75) is 17.4 Å². The van der Waals surface area contributed by atoms with Crippen LogP contribution >= 0.6 is 0 Å². The summed E-state index contributed by atoms with van der Waals surface area (Å²) in [5, 5.41) is -10.4. The van der Waals surface area contributed by atoms with E-state index >= 15 is 0 Å². The molecule has 13 heteroatoms. The van der Waals surface area contributed by atoms with Gasteiger partial charge in [-0.2, -0.15) is 26.3 Å². The van der Waals surface area contributed by atoms with Gasteiger partial charge in [0.05, 0.1) is 0 Å². The molecule has 0 aliphatic carbocycles. The Morgan fingerprint density at radius 1 is 0.941 bits per heavy atom. The van der Waals surface area contributed by atoms with Gasteiger partial charge >= 0.3 is 32.5 Å². The second-order valence-corrected chi connectivity index (χ2v) is 4.35. The van der Waals surface area contributed by atoms with Gasteiger partial charge in [-0.3, -0.25) is 0 Å². The quantitative estimate of drug-likeness (QED) is 0.243. The van der Waals surface area contributed by atoms with Gasteiger partial charge in [-0.15, -0.1) is 9.18 Å². The number of halogens is 8. The predicted octanol–water partition coefficient (Wildman–Crippen LogP) is 1.75. The number of sulfone groups is 1. The van der Waals surface area contributed by atoms with Gasteiger partial charge in [0.15, 0.2) is 0 Å². The van der Waals surface area contributed by atoms with Gasteiger partial charge in [-0.05, 0) is 0 Å². The molecule has 0 atom stereocenters. The summed E-state index contributed by atoms with van der Waals surface area (Å²) in [5.41, 5.74) is 7.50. The summed E-state index contributed by atoms with van der Waals surface area (Å²) >= 11 is 0. The van der Waals surface area contributed by atoms with E-state index in [1.54, 1.807) is 0 Å². The van der Waals surface area contributed by atoms with Crippen LogP contribution in [0.15, 0.2) is 0 Å². The molecule has 0 N–H and O–H groups in total. The largest absolute Gasteiger partial charge is 0.566 e. The van der Waals surface area contributed by atoms with E-state index in [1.165, 1.54) is 0 Å². The van der Waals surface area contributed by atoms with Crippen LogP contribution in [0.1, 0.15) is 0 Å². The minimum Gasteiger partial charge on any atom is -0.357 e. The van der Waals surface area contributed by atoms with E-state index in [1.807, 2.05) is 0 Å². The molecule has 0 heterocycles. The molecule has 100 valence electrons. The van der Waals surface area contributed by atoms with Gasteiger partial charge in [0.2, 0.25) is 0 Å². The van der Waals surface area contributed by atoms with Crippen molar-refractivity contribution in [2.24, 2.45) is 0 Å². The first kappa shape index (κ1) is 15.8. The first-order chi connectivity index (χ1) is 7.23. The van der Waals surface area contributed by atoms with Crippen LogP contribution in [-0.2, 0) is 9.84 Å². The fourth-order valence-electron chi connectivity index (χ4n) is 0.635. The second-order valence-electron chi connectivity index (χ2n) is 2.45. The maximum atomic E-state index is 12.8. The summed E-state index contributed by atoms with van der Waals surface area (Å²) in [4.78, 5) is 0.975. The van der Waals surface area contributed by atoms with Crippen LogP contribution in [0.5, 0.6) is 0 Å². The topological polar surface area (TPSA) is 70.5 Å². The summed E-state index contributed by atoms with van der Waals surface area (Å²) in [7, 11) is -7.25. The smallest absolute Gasteiger partial charge is 0.357 e. The number of rotatable bonds is 1. The van der Waals surface area contributed by atoms with Crippen LogP contribution < -0.4 is 0 Å². The third-order valence-electron chi connectivity index (χ3n) is 1.40. The molecule has 17 heavy (non-hydrogen) atoms. The van der Waals surface area contributed by atoms with Crippen LogP contribution in [0.4, 0.5) is 35.1 Å². The lowest BCUT2D eigenvalue weighted by Crippen LogP contribution is -2.60. The van der Waals surface area contributed by atoms with Crippen LogP contribution in [0.25, 0.3) is 5.53 Å². The Morgan fingerprint density at radius 3 is 1.41 bits per heavy atom. The van der Waals surface area contributed by atoms with Gasteiger partial charge in [0, 0.05) is 0 Å². The molecular formula is C4F8N2O2S. The molecule has 4 nitrogen and oxygen atoms in total. The van der Waals surface area contributed by atoms with E-state index in [0.29, 0.717) is 0 Å². The highest BCUT2D eigenvalue weighted by Gasteiger charge is 2.83. The van der Waals surface area contributed by atoms with Crippen molar-refractivity contribution in [1.82, 2.24) is 0 Å². The molecule has 0 bridgehead atoms. The minimum atomic E-state index is -7.25. The molecule has 0 fully saturated rings. The Hall–Kier alpha value is -1.23. The zero-order valence-corrected chi connectivity index (χ0v) is 7.96. The Labute approximate surface area is 87.4 Å². The van der Waals surface area contributed by atoms with Crippen LogP contribution in [0, 0.1) is 0 Å². The van der Waals surface area contributed by atoms with E-state index < -0.39 is 32.5 Å². The average Bonchev–Trinajstić information content (AvgIpc) is 2.11. The molecule has 0 spiro atoms. The number of hydrogen-bond acceptors (Lipinski definition) is 2. The van der Waals surface area contributed by atoms with Gasteiger partial charge in [0.1, 0.15) is 0 Å². The lowest BCUT2D eigenvalue weighted by molar-refractivity contribution is -0.305. The second kappa shape index (κ2) is 3.91. The van der Waals surface area contributed by atoms with Crippen molar-refractivity contribution in [3.8, 4) is 0 Å². The predicted molar refractivity (Wildman–Crippen MR) is 34.6 cm³/mol. The highest BCUT2D eigenvalue weighted by molar-refractivity contribution is 8.06. The molecule has 0 unspecified atom stereocenters. The molecule has 0 amide bonds. The Kier molecular flexibility index (Phi) is 3.63. The van der Waals surface area contributed by atoms with E-state index in [9.17, 15) is 43.5 Å². The summed E-state index contributed by atoms with van der Waals surface area (Å²) < 4.78 is 117. The molecule has 0 aromatic heterocycles. The Morgan fingerprint density at radius 2 is 1.24 bits per heavy atom. The molecule has 0 aromatic rings. The van der Waals surface area contributed by atoms with Crippen molar-refractivity contribution in [3.05, 3.63) is 5.53 Å². The van der Waals surface area contributed by atoms with Crippen molar-refractivity contribution in [1.29, 1.82) is 0 Å². The van der Waals surface area contributed by atoms with Crippen molar-refractivity contribution < 1.29 is 48.3 Å². The van der Waals surface area contributed by atoms with E-state index in [-0.39, 0.29) is 0 Å². The lowest BCUT2D eigenvalue weighted by atomic mass is 10.3. The first-order valence-electron chi connectivity index (χ1n) is 3.18. The lowest BCUT2D eigenvalue weighted by Gasteiger charge is -2.26. The summed E-state index contributed by atoms with van der Waals surface area (Å²) in [6.07, 6.45) is -14.0. The standard InChI is InChI=1S/C4F8N2O2S/c5-1(14-13)17(15,16)2(6,3(7,8)9)4(10,11)12. The third kappa shape index (κ3) is 2.11. The fourth-order valence-corrected chi connectivity index (χ4v) is 1.58. The normalized spacial score (nSPS) is 14.4. The van der Waals surface area contributed by atoms with Crippen molar-refractivity contribution in [2.75, 3.05) is 0 Å². The van der Waals surface area contributed by atoms with Crippen LogP contribution in [-0.4, -0.2) is 35.9 Å². The maximum Gasteiger partial charge on any atom is 0.566 e. The van der Waals surface area contributed by atoms with E-state index in [2.05, 4.69) is 0 Å². The molecule has 0 saturated heterocycles. The molecule has 0 rings (SSSR count). The monoisotopic (exact) mass is 292 g/mol. The molecule has 0 aliphatic rings. The van der Waals surface area contributed by atoms with Crippen LogP contribution in [0.2, 0.25) is 0 Å². The molecule has 0 aromatic carbocycles. The number of hydrogen-bond donors (Lipinski definition) is 0. The molecule has 0 aliphatic heterocycles. The highest BCUT2D eigenvalue weighted by atomic mass is 32.2. The Bertz CT molecular complexity index is 441. The minimum absolute atomic E-state index is 0.975. The summed E-state index contributed by atoms with van der Waals surface area (Å²) in [6.45, 7) is 0. The van der Waals surface area contributed by atoms with Gasteiger partial charge in [-0.25, -0.2) is 12.8 Å². The van der Waals surface area contributed by atoms with Crippen molar-refractivity contribution >= 4 is 15.1 Å². The number of alkyl halides is 7. The third-order valence-corrected chi connectivity index (χ3v) is 3.13. The molecular weight excluding hydrogens is 292 g/mol. The van der Waals surface area contributed by atoms with Crippen molar-refractivity contribution in [3.63, 3.8) is 0 Å². The fraction of sp³-hybridized carbons (Fsp3) is 0.750. The molecule has 0 radical (unpaired) electrons. The molecule has 0 saturated carbocycles. The van der Waals surface area contributed by atoms with E-state index in [0.717, 1.165) is 4.79 Å². The SMILES string of the molecule is [N-]=[N+]=C(F)S(=O)(=O)C(F)(C(F)(F)F)C(F)(F)F. The summed E-state index contributed by atoms with van der Waals surface area (Å²) in [5.74, 6) is 0. The number of nitrogens with zero attached hydrogens (tertiary/aromatic N) is 2. The highest BCUT2D eigenvalue weighted by Crippen LogP contribution is 2.50.